The van der Waals surface area contributed by atoms with Crippen molar-refractivity contribution in [3.05, 3.63) is 35.9 Å². The zero-order valence-electron chi connectivity index (χ0n) is 11.4. The van der Waals surface area contributed by atoms with Gasteiger partial charge < -0.3 is 4.90 Å². The van der Waals surface area contributed by atoms with E-state index >= 15 is 0 Å². The Balaban J connectivity index is 2.07. The Bertz CT molecular complexity index is 586. The van der Waals surface area contributed by atoms with E-state index in [0.717, 1.165) is 41.8 Å². The number of hydrogen-bond acceptors (Lipinski definition) is 2. The van der Waals surface area contributed by atoms with Crippen molar-refractivity contribution in [1.82, 2.24) is 4.98 Å². The molecule has 2 aromatic rings. The van der Waals surface area contributed by atoms with Gasteiger partial charge in [0.2, 0.25) is 0 Å². The standard InChI is InChI=1S/C16H19ClN2/c1-11-9-19(10-12(11)2)16-14(8-17)7-13-5-3-4-6-15(13)18-16/h3-7,11-12H,8-10H2,1-2H3. The molecule has 2 unspecified atom stereocenters. The van der Waals surface area contributed by atoms with Gasteiger partial charge in [-0.25, -0.2) is 4.98 Å². The second-order valence-electron chi connectivity index (χ2n) is 5.66. The lowest BCUT2D eigenvalue weighted by atomic mass is 10.0. The fourth-order valence-electron chi connectivity index (χ4n) is 2.82. The van der Waals surface area contributed by atoms with Crippen molar-refractivity contribution in [2.45, 2.75) is 19.7 Å². The Labute approximate surface area is 119 Å². The highest BCUT2D eigenvalue weighted by molar-refractivity contribution is 6.17. The predicted molar refractivity (Wildman–Crippen MR) is 81.8 cm³/mol. The van der Waals surface area contributed by atoms with Gasteiger partial charge in [0.15, 0.2) is 0 Å². The van der Waals surface area contributed by atoms with Crippen molar-refractivity contribution in [2.75, 3.05) is 18.0 Å². The van der Waals surface area contributed by atoms with Gasteiger partial charge in [0.1, 0.15) is 5.82 Å². The summed E-state index contributed by atoms with van der Waals surface area (Å²) in [5, 5.41) is 1.17. The smallest absolute Gasteiger partial charge is 0.133 e. The van der Waals surface area contributed by atoms with E-state index in [1.807, 2.05) is 12.1 Å². The highest BCUT2D eigenvalue weighted by atomic mass is 35.5. The van der Waals surface area contributed by atoms with Crippen molar-refractivity contribution in [2.24, 2.45) is 11.8 Å². The number of benzene rings is 1. The summed E-state index contributed by atoms with van der Waals surface area (Å²) in [6, 6.07) is 10.4. The molecule has 100 valence electrons. The zero-order valence-corrected chi connectivity index (χ0v) is 12.2. The number of nitrogens with zero attached hydrogens (tertiary/aromatic N) is 2. The van der Waals surface area contributed by atoms with E-state index in [4.69, 9.17) is 16.6 Å². The van der Waals surface area contributed by atoms with Gasteiger partial charge in [-0.15, -0.1) is 11.6 Å². The molecule has 1 aliphatic heterocycles. The number of halogens is 1. The maximum Gasteiger partial charge on any atom is 0.133 e. The minimum absolute atomic E-state index is 0.520. The van der Waals surface area contributed by atoms with Gasteiger partial charge in [0.25, 0.3) is 0 Å². The summed E-state index contributed by atoms with van der Waals surface area (Å²) in [6.45, 7) is 6.78. The lowest BCUT2D eigenvalue weighted by molar-refractivity contribution is 0.494. The normalized spacial score (nSPS) is 23.2. The SMILES string of the molecule is CC1CN(c2nc3ccccc3cc2CCl)CC1C. The monoisotopic (exact) mass is 274 g/mol. The van der Waals surface area contributed by atoms with Crippen LogP contribution in [0, 0.1) is 11.8 Å². The van der Waals surface area contributed by atoms with Gasteiger partial charge in [-0.3, -0.25) is 0 Å². The van der Waals surface area contributed by atoms with Crippen molar-refractivity contribution < 1.29 is 0 Å². The van der Waals surface area contributed by atoms with Gasteiger partial charge in [-0.2, -0.15) is 0 Å². The van der Waals surface area contributed by atoms with Gasteiger partial charge in [-0.05, 0) is 24.0 Å². The van der Waals surface area contributed by atoms with E-state index in [2.05, 4.69) is 36.9 Å². The van der Waals surface area contributed by atoms with Crippen LogP contribution in [0.2, 0.25) is 0 Å². The molecule has 1 aliphatic rings. The second kappa shape index (κ2) is 5.01. The highest BCUT2D eigenvalue weighted by Crippen LogP contribution is 2.31. The van der Waals surface area contributed by atoms with Crippen LogP contribution >= 0.6 is 11.6 Å². The molecule has 0 aliphatic carbocycles. The van der Waals surface area contributed by atoms with Crippen molar-refractivity contribution in [1.29, 1.82) is 0 Å². The lowest BCUT2D eigenvalue weighted by Crippen LogP contribution is -2.22. The number of para-hydroxylation sites is 1. The molecule has 2 nitrogen and oxygen atoms in total. The second-order valence-corrected chi connectivity index (χ2v) is 5.92. The molecular weight excluding hydrogens is 256 g/mol. The molecule has 1 fully saturated rings. The molecule has 3 rings (SSSR count). The zero-order chi connectivity index (χ0) is 13.4. The quantitative estimate of drug-likeness (QED) is 0.768. The predicted octanol–water partition coefficient (Wildman–Crippen LogP) is 4.07. The van der Waals surface area contributed by atoms with Crippen LogP contribution in [0.15, 0.2) is 30.3 Å². The third-order valence-corrected chi connectivity index (χ3v) is 4.50. The first-order valence-corrected chi connectivity index (χ1v) is 7.42. The van der Waals surface area contributed by atoms with Gasteiger partial charge >= 0.3 is 0 Å². The third-order valence-electron chi connectivity index (χ3n) is 4.21. The van der Waals surface area contributed by atoms with E-state index in [9.17, 15) is 0 Å². The molecule has 2 atom stereocenters. The average Bonchev–Trinajstić information content (AvgIpc) is 2.77. The summed E-state index contributed by atoms with van der Waals surface area (Å²) in [7, 11) is 0. The van der Waals surface area contributed by atoms with E-state index in [-0.39, 0.29) is 0 Å². The molecule has 2 heterocycles. The average molecular weight is 275 g/mol. The van der Waals surface area contributed by atoms with Gasteiger partial charge in [0, 0.05) is 24.0 Å². The molecule has 0 saturated carbocycles. The molecule has 0 spiro atoms. The number of hydrogen-bond donors (Lipinski definition) is 0. The molecule has 3 heteroatoms. The van der Waals surface area contributed by atoms with Crippen LogP contribution in [-0.2, 0) is 5.88 Å². The number of rotatable bonds is 2. The van der Waals surface area contributed by atoms with E-state index in [1.54, 1.807) is 0 Å². The maximum atomic E-state index is 6.12. The summed E-state index contributed by atoms with van der Waals surface area (Å²) in [5.41, 5.74) is 2.19. The van der Waals surface area contributed by atoms with Crippen molar-refractivity contribution >= 4 is 28.3 Å². The van der Waals surface area contributed by atoms with Crippen LogP contribution in [0.1, 0.15) is 19.4 Å². The third kappa shape index (κ3) is 2.30. The largest absolute Gasteiger partial charge is 0.356 e. The van der Waals surface area contributed by atoms with Gasteiger partial charge in [0.05, 0.1) is 11.4 Å². The molecular formula is C16H19ClN2. The van der Waals surface area contributed by atoms with Crippen LogP contribution < -0.4 is 4.90 Å². The van der Waals surface area contributed by atoms with Crippen LogP contribution in [0.5, 0.6) is 0 Å². The van der Waals surface area contributed by atoms with Crippen molar-refractivity contribution in [3.8, 4) is 0 Å². The molecule has 19 heavy (non-hydrogen) atoms. The first-order chi connectivity index (χ1) is 9.19. The maximum absolute atomic E-state index is 6.12. The fourth-order valence-corrected chi connectivity index (χ4v) is 3.02. The summed E-state index contributed by atoms with van der Waals surface area (Å²) in [5.74, 6) is 3.03. The molecule has 1 aromatic heterocycles. The Kier molecular flexibility index (Phi) is 3.36. The topological polar surface area (TPSA) is 16.1 Å². The van der Waals surface area contributed by atoms with E-state index < -0.39 is 0 Å². The van der Waals surface area contributed by atoms with Crippen LogP contribution in [0.25, 0.3) is 10.9 Å². The van der Waals surface area contributed by atoms with E-state index in [0.29, 0.717) is 5.88 Å². The summed E-state index contributed by atoms with van der Waals surface area (Å²) >= 11 is 6.12. The highest BCUT2D eigenvalue weighted by Gasteiger charge is 2.28. The minimum atomic E-state index is 0.520. The number of alkyl halides is 1. The summed E-state index contributed by atoms with van der Waals surface area (Å²) in [4.78, 5) is 7.23. The Hall–Kier alpha value is -1.28. The van der Waals surface area contributed by atoms with Crippen LogP contribution in [-0.4, -0.2) is 18.1 Å². The fraction of sp³-hybridized carbons (Fsp3) is 0.438. The molecule has 0 N–H and O–H groups in total. The first-order valence-electron chi connectivity index (χ1n) is 6.88. The number of fused-ring (bicyclic) bond motifs is 1. The molecule has 1 saturated heterocycles. The molecule has 0 amide bonds. The molecule has 0 bridgehead atoms. The molecule has 1 aromatic carbocycles. The summed E-state index contributed by atoms with van der Waals surface area (Å²) in [6.07, 6.45) is 0. The lowest BCUT2D eigenvalue weighted by Gasteiger charge is -2.20. The Morgan fingerprint density at radius 1 is 1.21 bits per heavy atom. The Morgan fingerprint density at radius 3 is 2.58 bits per heavy atom. The Morgan fingerprint density at radius 2 is 1.89 bits per heavy atom. The molecule has 0 radical (unpaired) electrons. The number of aromatic nitrogens is 1. The number of pyridine rings is 1. The van der Waals surface area contributed by atoms with Crippen molar-refractivity contribution in [3.63, 3.8) is 0 Å². The minimum Gasteiger partial charge on any atom is -0.356 e. The van der Waals surface area contributed by atoms with Gasteiger partial charge in [-0.1, -0.05) is 32.0 Å². The van der Waals surface area contributed by atoms with E-state index in [1.165, 1.54) is 5.39 Å². The van der Waals surface area contributed by atoms with Crippen LogP contribution in [0.4, 0.5) is 5.82 Å². The van der Waals surface area contributed by atoms with Crippen LogP contribution in [0.3, 0.4) is 0 Å². The number of anilines is 1. The summed E-state index contributed by atoms with van der Waals surface area (Å²) < 4.78 is 0. The first kappa shape index (κ1) is 12.7.